The van der Waals surface area contributed by atoms with Crippen molar-refractivity contribution in [1.29, 1.82) is 0 Å². The van der Waals surface area contributed by atoms with Gasteiger partial charge in [-0.05, 0) is 73.6 Å². The van der Waals surface area contributed by atoms with E-state index in [0.29, 0.717) is 0 Å². The molecule has 3 unspecified atom stereocenters. The molecule has 2 aliphatic carbocycles. The first-order chi connectivity index (χ1) is 10.3. The summed E-state index contributed by atoms with van der Waals surface area (Å²) in [6.07, 6.45) is 8.08. The summed E-state index contributed by atoms with van der Waals surface area (Å²) in [7, 11) is 0. The molecule has 1 heterocycles. The summed E-state index contributed by atoms with van der Waals surface area (Å²) in [5, 5.41) is 3.76. The molecular weight excluding hydrogens is 258 g/mol. The smallest absolute Gasteiger partial charge is 0.122 e. The summed E-state index contributed by atoms with van der Waals surface area (Å²) in [4.78, 5) is 0. The summed E-state index contributed by atoms with van der Waals surface area (Å²) < 4.78 is 5.60. The zero-order valence-corrected chi connectivity index (χ0v) is 13.1. The number of rotatable bonds is 6. The van der Waals surface area contributed by atoms with E-state index in [-0.39, 0.29) is 0 Å². The molecule has 1 aliphatic heterocycles. The van der Waals surface area contributed by atoms with E-state index in [1.165, 1.54) is 43.2 Å². The number of benzene rings is 1. The fourth-order valence-corrected chi connectivity index (χ4v) is 4.57. The molecule has 114 valence electrons. The molecule has 4 rings (SSSR count). The van der Waals surface area contributed by atoms with Crippen LogP contribution in [0, 0.1) is 17.8 Å². The van der Waals surface area contributed by atoms with Gasteiger partial charge in [-0.3, -0.25) is 0 Å². The van der Waals surface area contributed by atoms with Crippen molar-refractivity contribution in [3.8, 4) is 5.75 Å². The topological polar surface area (TPSA) is 21.3 Å². The molecule has 0 spiro atoms. The average molecular weight is 285 g/mol. The highest BCUT2D eigenvalue weighted by Gasteiger charge is 2.47. The Bertz CT molecular complexity index is 502. The van der Waals surface area contributed by atoms with Crippen LogP contribution in [0.15, 0.2) is 18.2 Å². The largest absolute Gasteiger partial charge is 0.493 e. The Labute approximate surface area is 128 Å². The second-order valence-corrected chi connectivity index (χ2v) is 7.23. The molecule has 3 aliphatic rings. The minimum atomic E-state index is 0.729. The van der Waals surface area contributed by atoms with Gasteiger partial charge in [0.15, 0.2) is 0 Å². The Balaban J connectivity index is 1.37. The summed E-state index contributed by atoms with van der Waals surface area (Å²) in [6, 6.07) is 7.54. The third-order valence-electron chi connectivity index (χ3n) is 5.81. The zero-order valence-electron chi connectivity index (χ0n) is 13.1. The van der Waals surface area contributed by atoms with Crippen LogP contribution in [0.3, 0.4) is 0 Å². The lowest BCUT2D eigenvalue weighted by Crippen LogP contribution is -2.36. The molecule has 2 saturated carbocycles. The lowest BCUT2D eigenvalue weighted by Gasteiger charge is -2.25. The van der Waals surface area contributed by atoms with Crippen LogP contribution >= 0.6 is 0 Å². The van der Waals surface area contributed by atoms with Crippen LogP contribution in [0.2, 0.25) is 0 Å². The van der Waals surface area contributed by atoms with E-state index in [0.717, 1.165) is 49.1 Å². The molecule has 1 N–H and O–H groups in total. The number of nitrogens with one attached hydrogen (secondary N) is 1. The number of aryl methyl sites for hydroxylation is 1. The highest BCUT2D eigenvalue weighted by molar-refractivity contribution is 5.39. The SMILES string of the molecule is CCNC(CCc1ccc2c(c1)CCO2)C1CC2CC2C1. The van der Waals surface area contributed by atoms with Crippen LogP contribution in [-0.4, -0.2) is 19.2 Å². The van der Waals surface area contributed by atoms with Crippen LogP contribution in [0.4, 0.5) is 0 Å². The second kappa shape index (κ2) is 5.64. The minimum Gasteiger partial charge on any atom is -0.493 e. The van der Waals surface area contributed by atoms with Gasteiger partial charge in [-0.15, -0.1) is 0 Å². The summed E-state index contributed by atoms with van der Waals surface area (Å²) in [6.45, 7) is 4.22. The Morgan fingerprint density at radius 3 is 2.90 bits per heavy atom. The maximum absolute atomic E-state index is 5.60. The van der Waals surface area contributed by atoms with Crippen molar-refractivity contribution in [1.82, 2.24) is 5.32 Å². The molecule has 0 saturated heterocycles. The molecule has 3 atom stereocenters. The molecule has 0 radical (unpaired) electrons. The zero-order chi connectivity index (χ0) is 14.2. The van der Waals surface area contributed by atoms with E-state index in [9.17, 15) is 0 Å². The molecule has 0 aromatic heterocycles. The lowest BCUT2D eigenvalue weighted by atomic mass is 9.89. The quantitative estimate of drug-likeness (QED) is 0.862. The fourth-order valence-electron chi connectivity index (χ4n) is 4.57. The summed E-state index contributed by atoms with van der Waals surface area (Å²) in [5.74, 6) is 4.23. The van der Waals surface area contributed by atoms with Gasteiger partial charge in [0.1, 0.15) is 5.75 Å². The van der Waals surface area contributed by atoms with Crippen LogP contribution in [0.5, 0.6) is 5.75 Å². The predicted molar refractivity (Wildman–Crippen MR) is 85.7 cm³/mol. The monoisotopic (exact) mass is 285 g/mol. The lowest BCUT2D eigenvalue weighted by molar-refractivity contribution is 0.323. The van der Waals surface area contributed by atoms with Crippen molar-refractivity contribution < 1.29 is 4.74 Å². The van der Waals surface area contributed by atoms with Crippen molar-refractivity contribution in [2.24, 2.45) is 17.8 Å². The standard InChI is InChI=1S/C19H27NO/c1-2-20-18(17-11-15-10-16(15)12-17)5-3-13-4-6-19-14(9-13)7-8-21-19/h4,6,9,15-18,20H,2-3,5,7-8,10-12H2,1H3. The van der Waals surface area contributed by atoms with Gasteiger partial charge in [0.2, 0.25) is 0 Å². The van der Waals surface area contributed by atoms with Crippen LogP contribution < -0.4 is 10.1 Å². The van der Waals surface area contributed by atoms with Gasteiger partial charge in [0.25, 0.3) is 0 Å². The Morgan fingerprint density at radius 1 is 1.24 bits per heavy atom. The Morgan fingerprint density at radius 2 is 2.10 bits per heavy atom. The molecule has 21 heavy (non-hydrogen) atoms. The van der Waals surface area contributed by atoms with Gasteiger partial charge in [0.05, 0.1) is 6.61 Å². The van der Waals surface area contributed by atoms with Crippen LogP contribution in [0.25, 0.3) is 0 Å². The van der Waals surface area contributed by atoms with Crippen molar-refractivity contribution in [2.75, 3.05) is 13.2 Å². The van der Waals surface area contributed by atoms with E-state index in [1.807, 2.05) is 0 Å². The first kappa shape index (κ1) is 13.6. The van der Waals surface area contributed by atoms with Crippen molar-refractivity contribution in [2.45, 2.75) is 51.5 Å². The number of fused-ring (bicyclic) bond motifs is 2. The highest BCUT2D eigenvalue weighted by atomic mass is 16.5. The normalized spacial score (nSPS) is 30.6. The van der Waals surface area contributed by atoms with E-state index in [2.05, 4.69) is 30.4 Å². The maximum atomic E-state index is 5.60. The third-order valence-corrected chi connectivity index (χ3v) is 5.81. The maximum Gasteiger partial charge on any atom is 0.122 e. The van der Waals surface area contributed by atoms with Crippen LogP contribution in [-0.2, 0) is 12.8 Å². The second-order valence-electron chi connectivity index (χ2n) is 7.23. The Kier molecular flexibility index (Phi) is 3.66. The molecule has 0 amide bonds. The van der Waals surface area contributed by atoms with Gasteiger partial charge < -0.3 is 10.1 Å². The van der Waals surface area contributed by atoms with E-state index in [1.54, 1.807) is 0 Å². The van der Waals surface area contributed by atoms with Gasteiger partial charge in [-0.2, -0.15) is 0 Å². The summed E-state index contributed by atoms with van der Waals surface area (Å²) >= 11 is 0. The van der Waals surface area contributed by atoms with Gasteiger partial charge >= 0.3 is 0 Å². The summed E-state index contributed by atoms with van der Waals surface area (Å²) in [5.41, 5.74) is 2.90. The first-order valence-corrected chi connectivity index (χ1v) is 8.81. The predicted octanol–water partition coefficient (Wildman–Crippen LogP) is 3.58. The number of ether oxygens (including phenoxy) is 1. The van der Waals surface area contributed by atoms with E-state index < -0.39 is 0 Å². The average Bonchev–Trinajstić information content (AvgIpc) is 2.91. The van der Waals surface area contributed by atoms with Crippen LogP contribution in [0.1, 0.15) is 43.7 Å². The molecule has 2 fully saturated rings. The molecule has 2 heteroatoms. The molecule has 1 aromatic carbocycles. The minimum absolute atomic E-state index is 0.729. The van der Waals surface area contributed by atoms with Gasteiger partial charge in [-0.1, -0.05) is 19.1 Å². The Hall–Kier alpha value is -1.02. The highest BCUT2D eigenvalue weighted by Crippen LogP contribution is 2.55. The first-order valence-electron chi connectivity index (χ1n) is 8.81. The number of hydrogen-bond acceptors (Lipinski definition) is 2. The fraction of sp³-hybridized carbons (Fsp3) is 0.684. The molecule has 0 bridgehead atoms. The molecule has 2 nitrogen and oxygen atoms in total. The van der Waals surface area contributed by atoms with E-state index >= 15 is 0 Å². The van der Waals surface area contributed by atoms with Crippen molar-refractivity contribution >= 4 is 0 Å². The van der Waals surface area contributed by atoms with Crippen molar-refractivity contribution in [3.05, 3.63) is 29.3 Å². The van der Waals surface area contributed by atoms with E-state index in [4.69, 9.17) is 4.74 Å². The third kappa shape index (κ3) is 2.83. The van der Waals surface area contributed by atoms with Crippen molar-refractivity contribution in [3.63, 3.8) is 0 Å². The van der Waals surface area contributed by atoms with Gasteiger partial charge in [-0.25, -0.2) is 0 Å². The molecular formula is C19H27NO. The molecule has 1 aromatic rings. The van der Waals surface area contributed by atoms with Gasteiger partial charge in [0, 0.05) is 12.5 Å². The number of hydrogen-bond donors (Lipinski definition) is 1.